The molecule has 0 saturated heterocycles. The zero-order chi connectivity index (χ0) is 15.2. The predicted molar refractivity (Wildman–Crippen MR) is 85.4 cm³/mol. The molecule has 0 atom stereocenters. The number of rotatable bonds is 9. The largest absolute Gasteiger partial charge is 0.379 e. The fourth-order valence-corrected chi connectivity index (χ4v) is 2.24. The van der Waals surface area contributed by atoms with E-state index in [1.165, 1.54) is 12.8 Å². The zero-order valence-electron chi connectivity index (χ0n) is 13.4. The standard InChI is InChI=1S/C15H27N5O/c1-4-5-13-17-14(19-16)11(2)15(18-13)20(3)8-9-21-10-12-6-7-12/h12H,4-10,16H2,1-3H3,(H,17,18,19). The van der Waals surface area contributed by atoms with Crippen LogP contribution in [0.1, 0.15) is 37.6 Å². The Hall–Kier alpha value is -1.40. The molecular formula is C15H27N5O. The van der Waals surface area contributed by atoms with Gasteiger partial charge in [-0.25, -0.2) is 15.8 Å². The van der Waals surface area contributed by atoms with Crippen LogP contribution in [0.3, 0.4) is 0 Å². The van der Waals surface area contributed by atoms with E-state index in [-0.39, 0.29) is 0 Å². The van der Waals surface area contributed by atoms with Crippen molar-refractivity contribution in [3.05, 3.63) is 11.4 Å². The van der Waals surface area contributed by atoms with Gasteiger partial charge in [0.1, 0.15) is 17.5 Å². The molecule has 6 nitrogen and oxygen atoms in total. The Labute approximate surface area is 127 Å². The van der Waals surface area contributed by atoms with Crippen LogP contribution in [0.5, 0.6) is 0 Å². The minimum atomic E-state index is 0.703. The van der Waals surface area contributed by atoms with Crippen molar-refractivity contribution in [2.24, 2.45) is 11.8 Å². The summed E-state index contributed by atoms with van der Waals surface area (Å²) in [6, 6.07) is 0. The summed E-state index contributed by atoms with van der Waals surface area (Å²) in [6.07, 6.45) is 4.52. The second kappa shape index (κ2) is 7.56. The van der Waals surface area contributed by atoms with E-state index < -0.39 is 0 Å². The van der Waals surface area contributed by atoms with E-state index in [1.54, 1.807) is 0 Å². The number of aryl methyl sites for hydroxylation is 1. The summed E-state index contributed by atoms with van der Waals surface area (Å²) in [4.78, 5) is 11.2. The minimum absolute atomic E-state index is 0.703. The van der Waals surface area contributed by atoms with Crippen LogP contribution in [0, 0.1) is 12.8 Å². The maximum absolute atomic E-state index is 5.70. The van der Waals surface area contributed by atoms with Gasteiger partial charge in [0.05, 0.1) is 6.61 Å². The summed E-state index contributed by atoms with van der Waals surface area (Å²) in [6.45, 7) is 6.55. The number of nitrogens with two attached hydrogens (primary N) is 1. The highest BCUT2D eigenvalue weighted by atomic mass is 16.5. The maximum Gasteiger partial charge on any atom is 0.148 e. The normalized spacial score (nSPS) is 14.3. The van der Waals surface area contributed by atoms with Gasteiger partial charge in [-0.2, -0.15) is 0 Å². The summed E-state index contributed by atoms with van der Waals surface area (Å²) >= 11 is 0. The second-order valence-electron chi connectivity index (χ2n) is 5.77. The van der Waals surface area contributed by atoms with Crippen molar-refractivity contribution in [1.82, 2.24) is 9.97 Å². The first kappa shape index (κ1) is 16.0. The number of nitrogen functional groups attached to an aromatic ring is 1. The molecule has 1 aliphatic carbocycles. The van der Waals surface area contributed by atoms with Crippen molar-refractivity contribution in [2.45, 2.75) is 39.5 Å². The third kappa shape index (κ3) is 4.54. The van der Waals surface area contributed by atoms with E-state index in [4.69, 9.17) is 10.6 Å². The SMILES string of the molecule is CCCc1nc(NN)c(C)c(N(C)CCOCC2CC2)n1. The molecule has 0 aromatic carbocycles. The van der Waals surface area contributed by atoms with Crippen LogP contribution in [0.25, 0.3) is 0 Å². The number of aromatic nitrogens is 2. The number of hydrazine groups is 1. The van der Waals surface area contributed by atoms with Crippen LogP contribution in [0.2, 0.25) is 0 Å². The van der Waals surface area contributed by atoms with Crippen molar-refractivity contribution in [2.75, 3.05) is 37.1 Å². The Morgan fingerprint density at radius 2 is 2.14 bits per heavy atom. The molecule has 0 amide bonds. The van der Waals surface area contributed by atoms with Gasteiger partial charge in [0.15, 0.2) is 0 Å². The molecular weight excluding hydrogens is 266 g/mol. The van der Waals surface area contributed by atoms with Crippen LogP contribution in [0.15, 0.2) is 0 Å². The van der Waals surface area contributed by atoms with E-state index in [2.05, 4.69) is 27.2 Å². The lowest BCUT2D eigenvalue weighted by Gasteiger charge is -2.22. The number of likely N-dealkylation sites (N-methyl/N-ethyl adjacent to an activating group) is 1. The monoisotopic (exact) mass is 293 g/mol. The average Bonchev–Trinajstić information content (AvgIpc) is 3.29. The Balaban J connectivity index is 1.99. The van der Waals surface area contributed by atoms with Crippen LogP contribution in [0.4, 0.5) is 11.6 Å². The highest BCUT2D eigenvalue weighted by Crippen LogP contribution is 2.28. The number of nitrogens with zero attached hydrogens (tertiary/aromatic N) is 3. The van der Waals surface area contributed by atoms with Crippen LogP contribution in [-0.4, -0.2) is 36.8 Å². The summed E-state index contributed by atoms with van der Waals surface area (Å²) in [5.41, 5.74) is 3.64. The molecule has 118 valence electrons. The molecule has 6 heteroatoms. The Morgan fingerprint density at radius 1 is 1.38 bits per heavy atom. The summed E-state index contributed by atoms with van der Waals surface area (Å²) in [7, 11) is 2.03. The molecule has 3 N–H and O–H groups in total. The van der Waals surface area contributed by atoms with Crippen LogP contribution in [-0.2, 0) is 11.2 Å². The number of hydrogen-bond acceptors (Lipinski definition) is 6. The quantitative estimate of drug-likeness (QED) is 0.411. The summed E-state index contributed by atoms with van der Waals surface area (Å²) in [5, 5.41) is 0. The fourth-order valence-electron chi connectivity index (χ4n) is 2.24. The van der Waals surface area contributed by atoms with E-state index in [1.807, 2.05) is 14.0 Å². The van der Waals surface area contributed by atoms with Gasteiger partial charge in [0, 0.05) is 32.2 Å². The molecule has 1 heterocycles. The van der Waals surface area contributed by atoms with Crippen molar-refractivity contribution in [1.29, 1.82) is 0 Å². The van der Waals surface area contributed by atoms with E-state index >= 15 is 0 Å². The maximum atomic E-state index is 5.70. The molecule has 0 unspecified atom stereocenters. The Bertz CT molecular complexity index is 462. The van der Waals surface area contributed by atoms with Crippen LogP contribution < -0.4 is 16.2 Å². The number of nitrogens with one attached hydrogen (secondary N) is 1. The van der Waals surface area contributed by atoms with Crippen molar-refractivity contribution in [3.8, 4) is 0 Å². The molecule has 1 aliphatic rings. The van der Waals surface area contributed by atoms with E-state index in [0.29, 0.717) is 5.82 Å². The van der Waals surface area contributed by atoms with Gasteiger partial charge < -0.3 is 15.1 Å². The van der Waals surface area contributed by atoms with Gasteiger partial charge in [-0.1, -0.05) is 6.92 Å². The third-order valence-electron chi connectivity index (χ3n) is 3.76. The predicted octanol–water partition coefficient (Wildman–Crippen LogP) is 1.89. The van der Waals surface area contributed by atoms with Crippen molar-refractivity contribution < 1.29 is 4.74 Å². The lowest BCUT2D eigenvalue weighted by atomic mass is 10.2. The Morgan fingerprint density at radius 3 is 2.76 bits per heavy atom. The summed E-state index contributed by atoms with van der Waals surface area (Å²) < 4.78 is 5.70. The average molecular weight is 293 g/mol. The number of anilines is 2. The molecule has 0 bridgehead atoms. The van der Waals surface area contributed by atoms with Crippen molar-refractivity contribution >= 4 is 11.6 Å². The molecule has 1 aromatic rings. The molecule has 2 rings (SSSR count). The number of ether oxygens (including phenoxy) is 1. The van der Waals surface area contributed by atoms with Crippen LogP contribution >= 0.6 is 0 Å². The molecule has 21 heavy (non-hydrogen) atoms. The van der Waals surface area contributed by atoms with Gasteiger partial charge in [-0.3, -0.25) is 0 Å². The molecule has 1 fully saturated rings. The fraction of sp³-hybridized carbons (Fsp3) is 0.733. The Kier molecular flexibility index (Phi) is 5.76. The summed E-state index contributed by atoms with van der Waals surface area (Å²) in [5.74, 6) is 8.83. The van der Waals surface area contributed by atoms with Gasteiger partial charge in [0.25, 0.3) is 0 Å². The first-order chi connectivity index (χ1) is 10.2. The first-order valence-corrected chi connectivity index (χ1v) is 7.78. The van der Waals surface area contributed by atoms with Gasteiger partial charge in [0.2, 0.25) is 0 Å². The second-order valence-corrected chi connectivity index (χ2v) is 5.77. The van der Waals surface area contributed by atoms with Gasteiger partial charge in [-0.05, 0) is 32.1 Å². The topological polar surface area (TPSA) is 76.3 Å². The minimum Gasteiger partial charge on any atom is -0.379 e. The van der Waals surface area contributed by atoms with Crippen molar-refractivity contribution in [3.63, 3.8) is 0 Å². The molecule has 1 aromatic heterocycles. The van der Waals surface area contributed by atoms with E-state index in [9.17, 15) is 0 Å². The zero-order valence-corrected chi connectivity index (χ0v) is 13.4. The molecule has 0 spiro atoms. The lowest BCUT2D eigenvalue weighted by molar-refractivity contribution is 0.130. The number of hydrogen-bond donors (Lipinski definition) is 2. The molecule has 1 saturated carbocycles. The molecule has 0 aliphatic heterocycles. The smallest absolute Gasteiger partial charge is 0.148 e. The van der Waals surface area contributed by atoms with Gasteiger partial charge >= 0.3 is 0 Å². The highest BCUT2D eigenvalue weighted by Gasteiger charge is 2.21. The lowest BCUT2D eigenvalue weighted by Crippen LogP contribution is -2.26. The van der Waals surface area contributed by atoms with Gasteiger partial charge in [-0.15, -0.1) is 0 Å². The first-order valence-electron chi connectivity index (χ1n) is 7.78. The highest BCUT2D eigenvalue weighted by molar-refractivity contribution is 5.57. The third-order valence-corrected chi connectivity index (χ3v) is 3.76. The molecule has 0 radical (unpaired) electrons. The van der Waals surface area contributed by atoms with E-state index in [0.717, 1.165) is 55.7 Å².